The van der Waals surface area contributed by atoms with E-state index in [1.54, 1.807) is 7.11 Å². The Morgan fingerprint density at radius 3 is 2.70 bits per heavy atom. The van der Waals surface area contributed by atoms with Crippen molar-refractivity contribution >= 4 is 21.9 Å². The fourth-order valence-electron chi connectivity index (χ4n) is 3.74. The summed E-state index contributed by atoms with van der Waals surface area (Å²) in [5.74, 6) is 1.31. The molecule has 23 heavy (non-hydrogen) atoms. The lowest BCUT2D eigenvalue weighted by Crippen LogP contribution is -2.20. The molecule has 0 aromatic heterocycles. The number of hydrazone groups is 1. The van der Waals surface area contributed by atoms with E-state index in [0.717, 1.165) is 18.6 Å². The standard InChI is InChI=1S/C19H19BrN2O/c1-23-15-11-9-14(10-12-15)19-17-8-4-6-13-5-2-3-7-16(13)18(17)21-22(19)20/h2-3,5,7,9-12,17,19H,4,6,8H2,1H3. The molecule has 4 rings (SSSR count). The van der Waals surface area contributed by atoms with Gasteiger partial charge in [0.1, 0.15) is 5.75 Å². The fourth-order valence-corrected chi connectivity index (χ4v) is 4.44. The molecule has 0 saturated carbocycles. The van der Waals surface area contributed by atoms with Gasteiger partial charge in [-0.25, -0.2) is 4.03 Å². The highest BCUT2D eigenvalue weighted by molar-refractivity contribution is 9.07. The van der Waals surface area contributed by atoms with E-state index in [1.807, 2.05) is 16.2 Å². The predicted molar refractivity (Wildman–Crippen MR) is 95.9 cm³/mol. The van der Waals surface area contributed by atoms with Crippen molar-refractivity contribution in [3.63, 3.8) is 0 Å². The van der Waals surface area contributed by atoms with Crippen LogP contribution in [0, 0.1) is 5.92 Å². The molecule has 2 unspecified atom stereocenters. The van der Waals surface area contributed by atoms with Crippen LogP contribution in [0.25, 0.3) is 0 Å². The number of nitrogens with zero attached hydrogens (tertiary/aromatic N) is 2. The Hall–Kier alpha value is -1.81. The number of rotatable bonds is 2. The van der Waals surface area contributed by atoms with E-state index < -0.39 is 0 Å². The SMILES string of the molecule is COc1ccc(C2C3CCCc4ccccc4C3=NN2Br)cc1. The van der Waals surface area contributed by atoms with Gasteiger partial charge in [0.15, 0.2) is 0 Å². The molecule has 2 aromatic rings. The highest BCUT2D eigenvalue weighted by Crippen LogP contribution is 2.44. The van der Waals surface area contributed by atoms with Gasteiger partial charge in [-0.3, -0.25) is 0 Å². The number of hydrogen-bond donors (Lipinski definition) is 0. The molecule has 0 saturated heterocycles. The molecule has 1 aliphatic heterocycles. The second-order valence-electron chi connectivity index (χ2n) is 6.15. The molecule has 3 nitrogen and oxygen atoms in total. The van der Waals surface area contributed by atoms with Gasteiger partial charge in [-0.1, -0.05) is 36.4 Å². The number of halogens is 1. The second kappa shape index (κ2) is 6.00. The van der Waals surface area contributed by atoms with Crippen molar-refractivity contribution in [1.82, 2.24) is 4.03 Å². The minimum absolute atomic E-state index is 0.238. The van der Waals surface area contributed by atoms with Gasteiger partial charge < -0.3 is 4.74 Å². The molecule has 0 N–H and O–H groups in total. The van der Waals surface area contributed by atoms with Gasteiger partial charge in [-0.2, -0.15) is 5.10 Å². The first-order chi connectivity index (χ1) is 11.3. The monoisotopic (exact) mass is 370 g/mol. The van der Waals surface area contributed by atoms with Crippen LogP contribution in [0.5, 0.6) is 5.75 Å². The third-order valence-corrected chi connectivity index (χ3v) is 5.48. The molecular weight excluding hydrogens is 352 g/mol. The molecule has 0 amide bonds. The summed E-state index contributed by atoms with van der Waals surface area (Å²) < 4.78 is 7.23. The Morgan fingerprint density at radius 1 is 1.13 bits per heavy atom. The van der Waals surface area contributed by atoms with Gasteiger partial charge in [0.05, 0.1) is 35.0 Å². The second-order valence-corrected chi connectivity index (χ2v) is 6.87. The van der Waals surface area contributed by atoms with Crippen molar-refractivity contribution in [1.29, 1.82) is 0 Å². The topological polar surface area (TPSA) is 24.8 Å². The first-order valence-corrected chi connectivity index (χ1v) is 8.74. The summed E-state index contributed by atoms with van der Waals surface area (Å²) in [6, 6.07) is 17.3. The highest BCUT2D eigenvalue weighted by atomic mass is 79.9. The van der Waals surface area contributed by atoms with E-state index in [4.69, 9.17) is 9.84 Å². The molecule has 0 bridgehead atoms. The zero-order valence-corrected chi connectivity index (χ0v) is 14.7. The van der Waals surface area contributed by atoms with Gasteiger partial charge in [-0.15, -0.1) is 0 Å². The summed E-state index contributed by atoms with van der Waals surface area (Å²) in [5.41, 5.74) is 5.22. The minimum Gasteiger partial charge on any atom is -0.497 e. The Bertz CT molecular complexity index is 741. The van der Waals surface area contributed by atoms with Crippen LogP contribution >= 0.6 is 16.1 Å². The Kier molecular flexibility index (Phi) is 3.85. The van der Waals surface area contributed by atoms with E-state index in [1.165, 1.54) is 28.8 Å². The van der Waals surface area contributed by atoms with Crippen LogP contribution < -0.4 is 4.74 Å². The number of hydrogen-bond acceptors (Lipinski definition) is 3. The third-order valence-electron chi connectivity index (χ3n) is 4.88. The third kappa shape index (κ3) is 2.55. The molecule has 0 spiro atoms. The fraction of sp³-hybridized carbons (Fsp3) is 0.316. The quantitative estimate of drug-likeness (QED) is 0.714. The van der Waals surface area contributed by atoms with E-state index in [0.29, 0.717) is 5.92 Å². The summed E-state index contributed by atoms with van der Waals surface area (Å²) in [7, 11) is 1.70. The maximum Gasteiger partial charge on any atom is 0.118 e. The zero-order valence-electron chi connectivity index (χ0n) is 13.1. The van der Waals surface area contributed by atoms with Gasteiger partial charge in [0.25, 0.3) is 0 Å². The van der Waals surface area contributed by atoms with Gasteiger partial charge in [0.2, 0.25) is 0 Å². The number of benzene rings is 2. The Morgan fingerprint density at radius 2 is 1.91 bits per heavy atom. The minimum atomic E-state index is 0.238. The van der Waals surface area contributed by atoms with Crippen molar-refractivity contribution in [2.24, 2.45) is 11.0 Å². The van der Waals surface area contributed by atoms with Crippen LogP contribution in [0.1, 0.15) is 35.6 Å². The number of methoxy groups -OCH3 is 1. The average molecular weight is 371 g/mol. The van der Waals surface area contributed by atoms with E-state index in [-0.39, 0.29) is 6.04 Å². The lowest BCUT2D eigenvalue weighted by molar-refractivity contribution is 0.352. The molecule has 1 heterocycles. The van der Waals surface area contributed by atoms with Crippen molar-refractivity contribution in [3.05, 3.63) is 65.2 Å². The van der Waals surface area contributed by atoms with Crippen molar-refractivity contribution in [2.75, 3.05) is 7.11 Å². The van der Waals surface area contributed by atoms with Crippen LogP contribution in [0.4, 0.5) is 0 Å². The first kappa shape index (κ1) is 14.8. The van der Waals surface area contributed by atoms with Crippen LogP contribution in [-0.2, 0) is 6.42 Å². The number of aryl methyl sites for hydroxylation is 1. The smallest absolute Gasteiger partial charge is 0.118 e. The molecular formula is C19H19BrN2O. The molecule has 2 atom stereocenters. The van der Waals surface area contributed by atoms with Crippen LogP contribution in [0.3, 0.4) is 0 Å². The summed E-state index contributed by atoms with van der Waals surface area (Å²) in [4.78, 5) is 0. The summed E-state index contributed by atoms with van der Waals surface area (Å²) in [5, 5.41) is 4.85. The van der Waals surface area contributed by atoms with E-state index in [9.17, 15) is 0 Å². The van der Waals surface area contributed by atoms with Crippen molar-refractivity contribution in [2.45, 2.75) is 25.3 Å². The zero-order chi connectivity index (χ0) is 15.8. The average Bonchev–Trinajstić information content (AvgIpc) is 2.81. The van der Waals surface area contributed by atoms with Crippen molar-refractivity contribution in [3.8, 4) is 5.75 Å². The molecule has 4 heteroatoms. The molecule has 2 aliphatic rings. The number of ether oxygens (including phenoxy) is 1. The van der Waals surface area contributed by atoms with Gasteiger partial charge in [-0.05, 0) is 42.5 Å². The largest absolute Gasteiger partial charge is 0.497 e. The molecule has 1 aliphatic carbocycles. The van der Waals surface area contributed by atoms with Crippen LogP contribution in [0.2, 0.25) is 0 Å². The normalized spacial score (nSPS) is 22.9. The molecule has 0 radical (unpaired) electrons. The Labute approximate surface area is 145 Å². The van der Waals surface area contributed by atoms with Crippen LogP contribution in [0.15, 0.2) is 53.6 Å². The number of fused-ring (bicyclic) bond motifs is 3. The lowest BCUT2D eigenvalue weighted by Gasteiger charge is -2.23. The molecule has 118 valence electrons. The maximum atomic E-state index is 5.28. The van der Waals surface area contributed by atoms with Crippen LogP contribution in [-0.4, -0.2) is 16.9 Å². The highest BCUT2D eigenvalue weighted by Gasteiger charge is 2.39. The summed E-state index contributed by atoms with van der Waals surface area (Å²) in [6.07, 6.45) is 3.50. The summed E-state index contributed by atoms with van der Waals surface area (Å²) >= 11 is 3.66. The first-order valence-electron chi connectivity index (χ1n) is 8.03. The predicted octanol–water partition coefficient (Wildman–Crippen LogP) is 4.72. The van der Waals surface area contributed by atoms with Gasteiger partial charge >= 0.3 is 0 Å². The van der Waals surface area contributed by atoms with E-state index in [2.05, 4.69) is 52.5 Å². The molecule has 2 aromatic carbocycles. The lowest BCUT2D eigenvalue weighted by atomic mass is 9.86. The van der Waals surface area contributed by atoms with E-state index >= 15 is 0 Å². The summed E-state index contributed by atoms with van der Waals surface area (Å²) in [6.45, 7) is 0. The Balaban J connectivity index is 1.72. The maximum absolute atomic E-state index is 5.28. The van der Waals surface area contributed by atoms with Gasteiger partial charge in [0, 0.05) is 11.5 Å². The van der Waals surface area contributed by atoms with Crippen molar-refractivity contribution < 1.29 is 4.74 Å². The molecule has 0 fully saturated rings.